The van der Waals surface area contributed by atoms with Gasteiger partial charge >= 0.3 is 0 Å². The molecule has 122 valence electrons. The highest BCUT2D eigenvalue weighted by Gasteiger charge is 2.32. The molecule has 0 radical (unpaired) electrons. The minimum Gasteiger partial charge on any atom is -0.330 e. The van der Waals surface area contributed by atoms with Crippen LogP contribution in [0.3, 0.4) is 0 Å². The Labute approximate surface area is 142 Å². The van der Waals surface area contributed by atoms with Gasteiger partial charge in [0.05, 0.1) is 12.6 Å². The minimum atomic E-state index is 0.0617. The molecule has 1 aliphatic heterocycles. The van der Waals surface area contributed by atoms with Crippen LogP contribution >= 0.6 is 11.3 Å². The van der Waals surface area contributed by atoms with Crippen molar-refractivity contribution in [3.8, 4) is 0 Å². The van der Waals surface area contributed by atoms with Gasteiger partial charge in [-0.3, -0.25) is 4.79 Å². The molecule has 1 unspecified atom stereocenters. The number of hydrogen-bond acceptors (Lipinski definition) is 3. The number of nitrogens with zero attached hydrogens (tertiary/aromatic N) is 1. The molecule has 0 saturated carbocycles. The number of carbonyl (C=O) groups excluding carboxylic acids is 1. The predicted octanol–water partition coefficient (Wildman–Crippen LogP) is 3.61. The van der Waals surface area contributed by atoms with E-state index in [0.717, 1.165) is 32.4 Å². The van der Waals surface area contributed by atoms with Gasteiger partial charge in [-0.15, -0.1) is 11.3 Å². The van der Waals surface area contributed by atoms with Crippen molar-refractivity contribution in [2.75, 3.05) is 19.6 Å². The van der Waals surface area contributed by atoms with Gasteiger partial charge in [-0.2, -0.15) is 0 Å². The fourth-order valence-electron chi connectivity index (χ4n) is 3.18. The molecule has 1 aliphatic rings. The summed E-state index contributed by atoms with van der Waals surface area (Å²) in [6, 6.07) is 12.6. The first-order valence-electron chi connectivity index (χ1n) is 8.42. The molecule has 3 nitrogen and oxygen atoms in total. The highest BCUT2D eigenvalue weighted by atomic mass is 32.1. The van der Waals surface area contributed by atoms with E-state index in [1.807, 2.05) is 22.3 Å². The first-order valence-corrected chi connectivity index (χ1v) is 9.30. The van der Waals surface area contributed by atoms with Gasteiger partial charge in [-0.25, -0.2) is 0 Å². The summed E-state index contributed by atoms with van der Waals surface area (Å²) < 4.78 is 0. The average molecular weight is 328 g/mol. The Bertz CT molecular complexity index is 638. The van der Waals surface area contributed by atoms with Crippen molar-refractivity contribution in [3.63, 3.8) is 0 Å². The number of carbonyl (C=O) groups is 1. The summed E-state index contributed by atoms with van der Waals surface area (Å²) in [4.78, 5) is 16.2. The summed E-state index contributed by atoms with van der Waals surface area (Å²) in [6.45, 7) is 4.32. The van der Waals surface area contributed by atoms with E-state index < -0.39 is 0 Å². The number of benzene rings is 1. The van der Waals surface area contributed by atoms with E-state index >= 15 is 0 Å². The Morgan fingerprint density at radius 2 is 2.13 bits per heavy atom. The number of fused-ring (bicyclic) bond motifs is 1. The number of rotatable bonds is 6. The number of amides is 1. The summed E-state index contributed by atoms with van der Waals surface area (Å²) in [6.07, 6.45) is 3.23. The molecule has 1 aromatic heterocycles. The highest BCUT2D eigenvalue weighted by Crippen LogP contribution is 2.37. The number of unbranched alkanes of at least 4 members (excludes halogenated alkanes) is 1. The zero-order valence-electron chi connectivity index (χ0n) is 13.6. The highest BCUT2D eigenvalue weighted by molar-refractivity contribution is 7.10. The minimum absolute atomic E-state index is 0.0617. The molecule has 2 aromatic rings. The first-order chi connectivity index (χ1) is 11.3. The van der Waals surface area contributed by atoms with Crippen molar-refractivity contribution in [2.24, 2.45) is 0 Å². The average Bonchev–Trinajstić information content (AvgIpc) is 3.07. The smallest absolute Gasteiger partial charge is 0.237 e. The zero-order chi connectivity index (χ0) is 16.1. The molecule has 23 heavy (non-hydrogen) atoms. The summed E-state index contributed by atoms with van der Waals surface area (Å²) in [5.41, 5.74) is 2.50. The van der Waals surface area contributed by atoms with E-state index in [9.17, 15) is 4.79 Å². The van der Waals surface area contributed by atoms with Crippen molar-refractivity contribution in [1.29, 1.82) is 0 Å². The van der Waals surface area contributed by atoms with Gasteiger partial charge in [0.2, 0.25) is 5.91 Å². The van der Waals surface area contributed by atoms with Crippen LogP contribution in [0.2, 0.25) is 0 Å². The molecule has 4 heteroatoms. The lowest BCUT2D eigenvalue weighted by Crippen LogP contribution is -2.44. The zero-order valence-corrected chi connectivity index (χ0v) is 14.4. The predicted molar refractivity (Wildman–Crippen MR) is 95.8 cm³/mol. The Kier molecular flexibility index (Phi) is 5.47. The van der Waals surface area contributed by atoms with E-state index in [1.54, 1.807) is 0 Å². The second kappa shape index (κ2) is 7.75. The molecule has 1 N–H and O–H groups in total. The Balaban J connectivity index is 1.80. The second-order valence-electron chi connectivity index (χ2n) is 5.98. The van der Waals surface area contributed by atoms with Crippen molar-refractivity contribution in [3.05, 3.63) is 57.8 Å². The quantitative estimate of drug-likeness (QED) is 0.822. The molecule has 1 amide bonds. The topological polar surface area (TPSA) is 32.3 Å². The normalized spacial score (nSPS) is 17.1. The monoisotopic (exact) mass is 328 g/mol. The summed E-state index contributed by atoms with van der Waals surface area (Å²) in [7, 11) is 0. The third-order valence-electron chi connectivity index (χ3n) is 4.38. The second-order valence-corrected chi connectivity index (χ2v) is 6.98. The van der Waals surface area contributed by atoms with Crippen LogP contribution in [0.25, 0.3) is 0 Å². The van der Waals surface area contributed by atoms with Crippen LogP contribution in [-0.4, -0.2) is 30.4 Å². The standard InChI is InChI=1S/C19H24N2OS/c1-2-3-11-20-14-18(22)21-12-9-17-16(10-13-23-17)19(21)15-7-5-4-6-8-15/h4-8,10,13,19-20H,2-3,9,11-12,14H2,1H3. The van der Waals surface area contributed by atoms with Gasteiger partial charge in [-0.1, -0.05) is 43.7 Å². The molecule has 0 spiro atoms. The van der Waals surface area contributed by atoms with Crippen LogP contribution in [0.5, 0.6) is 0 Å². The maximum absolute atomic E-state index is 12.7. The third-order valence-corrected chi connectivity index (χ3v) is 5.38. The summed E-state index contributed by atoms with van der Waals surface area (Å²) in [5, 5.41) is 5.43. The van der Waals surface area contributed by atoms with E-state index in [-0.39, 0.29) is 11.9 Å². The number of hydrogen-bond donors (Lipinski definition) is 1. The summed E-state index contributed by atoms with van der Waals surface area (Å²) in [5.74, 6) is 0.201. The lowest BCUT2D eigenvalue weighted by Gasteiger charge is -2.36. The van der Waals surface area contributed by atoms with Crippen LogP contribution < -0.4 is 5.32 Å². The van der Waals surface area contributed by atoms with Crippen LogP contribution in [-0.2, 0) is 11.2 Å². The van der Waals surface area contributed by atoms with Crippen LogP contribution in [0.15, 0.2) is 41.8 Å². The molecule has 1 atom stereocenters. The van der Waals surface area contributed by atoms with Gasteiger partial charge in [-0.05, 0) is 42.0 Å². The van der Waals surface area contributed by atoms with Gasteiger partial charge in [0, 0.05) is 11.4 Å². The molecular formula is C19H24N2OS. The van der Waals surface area contributed by atoms with Crippen LogP contribution in [0.4, 0.5) is 0 Å². The maximum Gasteiger partial charge on any atom is 0.237 e. The molecule has 0 fully saturated rings. The number of thiophene rings is 1. The van der Waals surface area contributed by atoms with Crippen molar-refractivity contribution in [1.82, 2.24) is 10.2 Å². The third kappa shape index (κ3) is 3.65. The fraction of sp³-hybridized carbons (Fsp3) is 0.421. The molecule has 0 bridgehead atoms. The van der Waals surface area contributed by atoms with Crippen LogP contribution in [0, 0.1) is 0 Å². The number of nitrogens with one attached hydrogen (secondary N) is 1. The van der Waals surface area contributed by atoms with E-state index in [0.29, 0.717) is 6.54 Å². The lowest BCUT2D eigenvalue weighted by atomic mass is 9.93. The summed E-state index contributed by atoms with van der Waals surface area (Å²) >= 11 is 1.81. The van der Waals surface area contributed by atoms with Gasteiger partial charge < -0.3 is 10.2 Å². The molecule has 0 aliphatic carbocycles. The van der Waals surface area contributed by atoms with Gasteiger partial charge in [0.25, 0.3) is 0 Å². The molecule has 2 heterocycles. The Morgan fingerprint density at radius 3 is 2.91 bits per heavy atom. The fourth-order valence-corrected chi connectivity index (χ4v) is 4.08. The first kappa shape index (κ1) is 16.2. The largest absolute Gasteiger partial charge is 0.330 e. The van der Waals surface area contributed by atoms with E-state index in [2.05, 4.69) is 48.0 Å². The molecular weight excluding hydrogens is 304 g/mol. The van der Waals surface area contributed by atoms with Crippen LogP contribution in [0.1, 0.15) is 41.8 Å². The van der Waals surface area contributed by atoms with Crippen molar-refractivity contribution < 1.29 is 4.79 Å². The maximum atomic E-state index is 12.7. The van der Waals surface area contributed by atoms with E-state index in [4.69, 9.17) is 0 Å². The van der Waals surface area contributed by atoms with Gasteiger partial charge in [0.1, 0.15) is 0 Å². The Morgan fingerprint density at radius 1 is 1.30 bits per heavy atom. The van der Waals surface area contributed by atoms with Crippen molar-refractivity contribution in [2.45, 2.75) is 32.2 Å². The molecule has 1 aromatic carbocycles. The van der Waals surface area contributed by atoms with Crippen molar-refractivity contribution >= 4 is 17.2 Å². The molecule has 3 rings (SSSR count). The lowest BCUT2D eigenvalue weighted by molar-refractivity contribution is -0.132. The Hall–Kier alpha value is -1.65. The van der Waals surface area contributed by atoms with Gasteiger partial charge in [0.15, 0.2) is 0 Å². The SMILES string of the molecule is CCCCNCC(=O)N1CCc2sccc2C1c1ccccc1. The van der Waals surface area contributed by atoms with E-state index in [1.165, 1.54) is 16.0 Å². The molecule has 0 saturated heterocycles.